The number of ether oxygens (including phenoxy) is 1. The molecule has 2 aromatic heterocycles. The fourth-order valence-electron chi connectivity index (χ4n) is 5.55. The van der Waals surface area contributed by atoms with Crippen LogP contribution in [0.3, 0.4) is 0 Å². The predicted molar refractivity (Wildman–Crippen MR) is 171 cm³/mol. The molecule has 1 aliphatic rings. The highest BCUT2D eigenvalue weighted by molar-refractivity contribution is 7.22. The molecule has 1 saturated heterocycles. The molecule has 0 radical (unpaired) electrons. The van der Waals surface area contributed by atoms with Crippen LogP contribution in [0.15, 0.2) is 67.1 Å². The van der Waals surface area contributed by atoms with Crippen LogP contribution in [0, 0.1) is 6.92 Å². The molecule has 1 N–H and O–H groups in total. The molecule has 1 aliphatic heterocycles. The zero-order valence-electron chi connectivity index (χ0n) is 24.2. The number of halogens is 1. The number of hydrogen-bond acceptors (Lipinski definition) is 7. The molecule has 42 heavy (non-hydrogen) atoms. The Hall–Kier alpha value is -3.92. The number of thiazole rings is 1. The molecule has 0 unspecified atom stereocenters. The maximum Gasteiger partial charge on any atom is 0.337 e. The zero-order valence-corrected chi connectivity index (χ0v) is 25.8. The lowest BCUT2D eigenvalue weighted by Crippen LogP contribution is -2.28. The first-order chi connectivity index (χ1) is 19.9. The van der Waals surface area contributed by atoms with Gasteiger partial charge in [0.15, 0.2) is 11.2 Å². The van der Waals surface area contributed by atoms with Crippen molar-refractivity contribution in [3.05, 3.63) is 83.3 Å². The van der Waals surface area contributed by atoms with Crippen LogP contribution in [0.1, 0.15) is 38.0 Å². The molecule has 1 atom stereocenters. The molecule has 5 aromatic rings. The summed E-state index contributed by atoms with van der Waals surface area (Å²) in [7, 11) is 1.94. The summed E-state index contributed by atoms with van der Waals surface area (Å²) in [5.74, 6) is -0.205. The first kappa shape index (κ1) is 28.2. The van der Waals surface area contributed by atoms with Crippen molar-refractivity contribution in [2.75, 3.05) is 22.9 Å². The van der Waals surface area contributed by atoms with Crippen LogP contribution in [0.2, 0.25) is 5.02 Å². The molecular formula is C32H32ClN5O3S. The summed E-state index contributed by atoms with van der Waals surface area (Å²) in [4.78, 5) is 22.0. The SMILES string of the molecule is C=C1N(c2ccc3c(cnn3C)c2)CCN1c1nc2cc(C)c([C@H](OC(C)(C)C)C(=O)O)c(-c3ccc(Cl)cc3)c2s1. The number of anilines is 2. The number of carbonyl (C=O) groups is 1. The van der Waals surface area contributed by atoms with Crippen molar-refractivity contribution >= 4 is 60.8 Å². The molecule has 1 fully saturated rings. The number of carboxylic acid groups (broad SMARTS) is 1. The number of fused-ring (bicyclic) bond motifs is 2. The number of aryl methyl sites for hydroxylation is 2. The molecule has 0 bridgehead atoms. The highest BCUT2D eigenvalue weighted by Gasteiger charge is 2.34. The van der Waals surface area contributed by atoms with Gasteiger partial charge in [0, 0.05) is 47.4 Å². The van der Waals surface area contributed by atoms with Crippen LogP contribution in [-0.4, -0.2) is 44.5 Å². The lowest BCUT2D eigenvalue weighted by Gasteiger charge is -2.28. The van der Waals surface area contributed by atoms with E-state index in [4.69, 9.17) is 21.3 Å². The third-order valence-electron chi connectivity index (χ3n) is 7.45. The van der Waals surface area contributed by atoms with Crippen molar-refractivity contribution < 1.29 is 14.6 Å². The lowest BCUT2D eigenvalue weighted by atomic mass is 9.91. The Morgan fingerprint density at radius 2 is 1.83 bits per heavy atom. The van der Waals surface area contributed by atoms with Gasteiger partial charge in [-0.05, 0) is 75.2 Å². The monoisotopic (exact) mass is 601 g/mol. The molecule has 6 rings (SSSR count). The van der Waals surface area contributed by atoms with E-state index in [2.05, 4.69) is 39.7 Å². The Bertz CT molecular complexity index is 1850. The van der Waals surface area contributed by atoms with Gasteiger partial charge >= 0.3 is 5.97 Å². The number of aliphatic carboxylic acids is 1. The molecule has 0 spiro atoms. The number of aromatic nitrogens is 3. The standard InChI is InChI=1S/C32H32ClN5O3S/c1-18-15-24-29(27(20-7-9-22(33)10-8-20)26(18)28(30(39)40)41-32(3,4)5)42-31(35-24)38-14-13-37(19(38)2)23-11-12-25-21(16-23)17-34-36(25)6/h7-12,15-17,28H,2,13-14H2,1,3-6H3,(H,39,40)/t28-/m0/s1. The number of nitrogens with zero attached hydrogens (tertiary/aromatic N) is 5. The van der Waals surface area contributed by atoms with Crippen LogP contribution in [0.25, 0.3) is 32.2 Å². The van der Waals surface area contributed by atoms with E-state index in [1.807, 2.05) is 76.0 Å². The smallest absolute Gasteiger partial charge is 0.337 e. The third-order valence-corrected chi connectivity index (χ3v) is 8.81. The quantitative estimate of drug-likeness (QED) is 0.215. The largest absolute Gasteiger partial charge is 0.479 e. The fraction of sp³-hybridized carbons (Fsp3) is 0.281. The Morgan fingerprint density at radius 1 is 1.12 bits per heavy atom. The van der Waals surface area contributed by atoms with E-state index in [9.17, 15) is 9.90 Å². The number of carboxylic acids is 1. The van der Waals surface area contributed by atoms with E-state index in [0.29, 0.717) is 10.6 Å². The summed E-state index contributed by atoms with van der Waals surface area (Å²) in [6.45, 7) is 13.4. The van der Waals surface area contributed by atoms with Gasteiger partial charge in [-0.1, -0.05) is 41.6 Å². The maximum atomic E-state index is 12.6. The van der Waals surface area contributed by atoms with E-state index in [0.717, 1.165) is 67.5 Å². The first-order valence-electron chi connectivity index (χ1n) is 13.7. The molecule has 216 valence electrons. The van der Waals surface area contributed by atoms with E-state index in [1.165, 1.54) is 11.3 Å². The number of rotatable bonds is 6. The highest BCUT2D eigenvalue weighted by Crippen LogP contribution is 2.45. The average molecular weight is 602 g/mol. The van der Waals surface area contributed by atoms with Crippen molar-refractivity contribution in [1.82, 2.24) is 14.8 Å². The molecule has 8 nitrogen and oxygen atoms in total. The fourth-order valence-corrected chi connectivity index (χ4v) is 6.85. The van der Waals surface area contributed by atoms with Gasteiger partial charge in [-0.25, -0.2) is 9.78 Å². The third kappa shape index (κ3) is 5.02. The summed E-state index contributed by atoms with van der Waals surface area (Å²) in [5, 5.41) is 17.2. The van der Waals surface area contributed by atoms with Crippen molar-refractivity contribution in [3.8, 4) is 11.1 Å². The van der Waals surface area contributed by atoms with Crippen molar-refractivity contribution in [3.63, 3.8) is 0 Å². The van der Waals surface area contributed by atoms with Crippen LogP contribution >= 0.6 is 22.9 Å². The molecule has 0 aliphatic carbocycles. The molecule has 3 heterocycles. The Balaban J connectivity index is 1.45. The summed E-state index contributed by atoms with van der Waals surface area (Å²) in [5.41, 5.74) is 5.32. The molecular weight excluding hydrogens is 570 g/mol. The number of hydrogen-bond donors (Lipinski definition) is 1. The molecule has 0 amide bonds. The van der Waals surface area contributed by atoms with Gasteiger partial charge in [0.25, 0.3) is 0 Å². The van der Waals surface area contributed by atoms with Gasteiger partial charge < -0.3 is 19.6 Å². The van der Waals surface area contributed by atoms with Gasteiger partial charge in [-0.2, -0.15) is 5.10 Å². The molecule has 0 saturated carbocycles. The minimum Gasteiger partial charge on any atom is -0.479 e. The second-order valence-electron chi connectivity index (χ2n) is 11.5. The van der Waals surface area contributed by atoms with Gasteiger partial charge in [0.2, 0.25) is 0 Å². The minimum absolute atomic E-state index is 0.604. The van der Waals surface area contributed by atoms with E-state index >= 15 is 0 Å². The summed E-state index contributed by atoms with van der Waals surface area (Å²) >= 11 is 7.77. The zero-order chi connectivity index (χ0) is 29.9. The van der Waals surface area contributed by atoms with Gasteiger partial charge in [0.05, 0.1) is 27.5 Å². The average Bonchev–Trinajstić information content (AvgIpc) is 3.63. The second-order valence-corrected chi connectivity index (χ2v) is 12.9. The van der Waals surface area contributed by atoms with Crippen molar-refractivity contribution in [2.45, 2.75) is 39.4 Å². The lowest BCUT2D eigenvalue weighted by molar-refractivity contribution is -0.160. The van der Waals surface area contributed by atoms with Crippen molar-refractivity contribution in [2.24, 2.45) is 7.05 Å². The Morgan fingerprint density at radius 3 is 2.52 bits per heavy atom. The van der Waals surface area contributed by atoms with E-state index in [1.54, 1.807) is 0 Å². The van der Waals surface area contributed by atoms with Gasteiger partial charge in [0.1, 0.15) is 5.82 Å². The topological polar surface area (TPSA) is 83.7 Å². The van der Waals surface area contributed by atoms with Crippen LogP contribution in [0.5, 0.6) is 0 Å². The highest BCUT2D eigenvalue weighted by atomic mass is 35.5. The van der Waals surface area contributed by atoms with Crippen LogP contribution in [0.4, 0.5) is 10.8 Å². The molecule has 10 heteroatoms. The normalized spacial score (nSPS) is 14.9. The van der Waals surface area contributed by atoms with E-state index in [-0.39, 0.29) is 0 Å². The minimum atomic E-state index is -1.16. The Labute approximate surface area is 253 Å². The first-order valence-corrected chi connectivity index (χ1v) is 14.9. The second kappa shape index (κ2) is 10.4. The summed E-state index contributed by atoms with van der Waals surface area (Å²) in [6, 6.07) is 15.7. The Kier molecular flexibility index (Phi) is 7.00. The molecule has 3 aromatic carbocycles. The van der Waals surface area contributed by atoms with Crippen molar-refractivity contribution in [1.29, 1.82) is 0 Å². The van der Waals surface area contributed by atoms with Gasteiger partial charge in [-0.15, -0.1) is 0 Å². The predicted octanol–water partition coefficient (Wildman–Crippen LogP) is 7.55. The maximum absolute atomic E-state index is 12.6. The van der Waals surface area contributed by atoms with Crippen LogP contribution in [-0.2, 0) is 16.6 Å². The summed E-state index contributed by atoms with van der Waals surface area (Å²) < 4.78 is 8.89. The summed E-state index contributed by atoms with van der Waals surface area (Å²) in [6.07, 6.45) is 0.708. The number of benzene rings is 3. The van der Waals surface area contributed by atoms with E-state index < -0.39 is 17.7 Å². The van der Waals surface area contributed by atoms with Gasteiger partial charge in [-0.3, -0.25) is 4.68 Å². The van der Waals surface area contributed by atoms with Crippen LogP contribution < -0.4 is 9.80 Å².